The molecular formula is C52H97NO11. The summed E-state index contributed by atoms with van der Waals surface area (Å²) in [6.45, 7) is 15.0. The van der Waals surface area contributed by atoms with Gasteiger partial charge in [0, 0.05) is 39.0 Å². The van der Waals surface area contributed by atoms with Gasteiger partial charge in [-0.05, 0) is 58.0 Å². The van der Waals surface area contributed by atoms with Gasteiger partial charge in [0.25, 0.3) is 0 Å². The highest BCUT2D eigenvalue weighted by molar-refractivity contribution is 5.70. The molecule has 0 aliphatic heterocycles. The molecule has 0 aliphatic carbocycles. The largest absolute Gasteiger partial charge is 0.508 e. The maximum atomic E-state index is 13.0. The normalized spacial score (nSPS) is 12.0. The number of allylic oxidation sites excluding steroid dienone is 1. The first kappa shape index (κ1) is 61.3. The van der Waals surface area contributed by atoms with Crippen molar-refractivity contribution in [3.05, 3.63) is 12.2 Å². The molecule has 0 heterocycles. The molecule has 0 aromatic heterocycles. The van der Waals surface area contributed by atoms with E-state index in [0.717, 1.165) is 90.3 Å². The lowest BCUT2D eigenvalue weighted by Crippen LogP contribution is -2.28. The zero-order chi connectivity index (χ0) is 47.0. The van der Waals surface area contributed by atoms with Gasteiger partial charge in [0.15, 0.2) is 6.29 Å². The maximum Gasteiger partial charge on any atom is 0.508 e. The fourth-order valence-electron chi connectivity index (χ4n) is 7.08. The predicted molar refractivity (Wildman–Crippen MR) is 257 cm³/mol. The minimum absolute atomic E-state index is 0.0511. The lowest BCUT2D eigenvalue weighted by molar-refractivity contribution is -0.161. The van der Waals surface area contributed by atoms with Crippen LogP contribution in [-0.4, -0.2) is 101 Å². The van der Waals surface area contributed by atoms with Gasteiger partial charge in [-0.15, -0.1) is 0 Å². The van der Waals surface area contributed by atoms with Crippen LogP contribution in [0.25, 0.3) is 0 Å². The molecule has 12 nitrogen and oxygen atoms in total. The van der Waals surface area contributed by atoms with Crippen LogP contribution in [0.15, 0.2) is 12.2 Å². The van der Waals surface area contributed by atoms with E-state index < -0.39 is 24.3 Å². The first-order chi connectivity index (χ1) is 31.3. The Hall–Kier alpha value is -2.70. The van der Waals surface area contributed by atoms with Crippen LogP contribution in [0.1, 0.15) is 221 Å². The number of hydrogen-bond acceptors (Lipinski definition) is 12. The van der Waals surface area contributed by atoms with Crippen LogP contribution in [0.4, 0.5) is 4.79 Å². The molecule has 0 aromatic rings. The second kappa shape index (κ2) is 48.2. The number of esters is 3. The minimum atomic E-state index is -0.800. The van der Waals surface area contributed by atoms with E-state index in [-0.39, 0.29) is 51.2 Å². The molecule has 0 radical (unpaired) electrons. The van der Waals surface area contributed by atoms with E-state index in [0.29, 0.717) is 45.5 Å². The molecule has 0 aromatic carbocycles. The van der Waals surface area contributed by atoms with E-state index in [9.17, 15) is 19.2 Å². The molecule has 0 fully saturated rings. The van der Waals surface area contributed by atoms with Crippen molar-refractivity contribution in [1.82, 2.24) is 4.90 Å². The average molecular weight is 912 g/mol. The third kappa shape index (κ3) is 43.2. The molecule has 0 spiro atoms. The second-order valence-electron chi connectivity index (χ2n) is 17.2. The summed E-state index contributed by atoms with van der Waals surface area (Å²) in [5.74, 6) is -1.44. The minimum Gasteiger partial charge on any atom is -0.465 e. The van der Waals surface area contributed by atoms with Crippen molar-refractivity contribution in [3.63, 3.8) is 0 Å². The van der Waals surface area contributed by atoms with E-state index in [1.165, 1.54) is 77.0 Å². The van der Waals surface area contributed by atoms with Crippen molar-refractivity contribution < 1.29 is 52.3 Å². The summed E-state index contributed by atoms with van der Waals surface area (Å²) in [6.07, 6.45) is 31.1. The fourth-order valence-corrected chi connectivity index (χ4v) is 7.08. The first-order valence-electron chi connectivity index (χ1n) is 26.2. The second-order valence-corrected chi connectivity index (χ2v) is 17.2. The van der Waals surface area contributed by atoms with Crippen molar-refractivity contribution >= 4 is 24.1 Å². The van der Waals surface area contributed by atoms with Crippen LogP contribution in [-0.2, 0) is 47.5 Å². The van der Waals surface area contributed by atoms with E-state index in [1.54, 1.807) is 0 Å². The Morgan fingerprint density at radius 3 is 1.42 bits per heavy atom. The molecule has 64 heavy (non-hydrogen) atoms. The summed E-state index contributed by atoms with van der Waals surface area (Å²) in [4.78, 5) is 52.3. The zero-order valence-electron chi connectivity index (χ0n) is 41.8. The summed E-state index contributed by atoms with van der Waals surface area (Å²) in [7, 11) is 0. The SMILES string of the molecule is CCCCCC/C=C\COC(=O)CCCCCCCCCC(=O)OCC(COC(=O)CCC(OCCCCCCCC)OCCCCCCCC)COC(=O)OCCCN(CC)CC. The third-order valence-electron chi connectivity index (χ3n) is 11.3. The molecular weight excluding hydrogens is 815 g/mol. The number of rotatable bonds is 48. The Morgan fingerprint density at radius 2 is 0.891 bits per heavy atom. The predicted octanol–water partition coefficient (Wildman–Crippen LogP) is 13.0. The molecule has 0 bridgehead atoms. The van der Waals surface area contributed by atoms with Crippen molar-refractivity contribution in [2.75, 3.05) is 65.9 Å². The van der Waals surface area contributed by atoms with Gasteiger partial charge < -0.3 is 38.1 Å². The molecule has 376 valence electrons. The van der Waals surface area contributed by atoms with E-state index in [1.807, 2.05) is 6.08 Å². The lowest BCUT2D eigenvalue weighted by atomic mass is 10.1. The third-order valence-corrected chi connectivity index (χ3v) is 11.3. The van der Waals surface area contributed by atoms with Crippen LogP contribution in [0.3, 0.4) is 0 Å². The molecule has 0 aliphatic rings. The summed E-state index contributed by atoms with van der Waals surface area (Å²) in [5.41, 5.74) is 0. The van der Waals surface area contributed by atoms with Gasteiger partial charge in [-0.3, -0.25) is 14.4 Å². The summed E-state index contributed by atoms with van der Waals surface area (Å²) < 4.78 is 39.3. The molecule has 1 unspecified atom stereocenters. The maximum absolute atomic E-state index is 13.0. The number of carbonyl (C=O) groups is 4. The van der Waals surface area contributed by atoms with Gasteiger partial charge in [0.1, 0.15) is 26.4 Å². The highest BCUT2D eigenvalue weighted by Crippen LogP contribution is 2.14. The molecule has 12 heteroatoms. The molecule has 1 atom stereocenters. The van der Waals surface area contributed by atoms with Gasteiger partial charge in [0.05, 0.1) is 18.9 Å². The topological polar surface area (TPSA) is 136 Å². The molecule has 0 amide bonds. The summed E-state index contributed by atoms with van der Waals surface area (Å²) >= 11 is 0. The van der Waals surface area contributed by atoms with E-state index in [4.69, 9.17) is 33.2 Å². The van der Waals surface area contributed by atoms with E-state index in [2.05, 4.69) is 45.6 Å². The summed E-state index contributed by atoms with van der Waals surface area (Å²) in [5, 5.41) is 0. The lowest BCUT2D eigenvalue weighted by Gasteiger charge is -2.20. The fraction of sp³-hybridized carbons (Fsp3) is 0.885. The Bertz CT molecular complexity index is 1080. The Balaban J connectivity index is 4.77. The zero-order valence-corrected chi connectivity index (χ0v) is 41.8. The average Bonchev–Trinajstić information content (AvgIpc) is 3.29. The van der Waals surface area contributed by atoms with Crippen LogP contribution in [0.5, 0.6) is 0 Å². The van der Waals surface area contributed by atoms with Crippen molar-refractivity contribution in [3.8, 4) is 0 Å². The van der Waals surface area contributed by atoms with Crippen LogP contribution < -0.4 is 0 Å². The van der Waals surface area contributed by atoms with E-state index >= 15 is 0 Å². The Kier molecular flexibility index (Phi) is 46.2. The van der Waals surface area contributed by atoms with Crippen molar-refractivity contribution in [2.24, 2.45) is 5.92 Å². The van der Waals surface area contributed by atoms with Gasteiger partial charge >= 0.3 is 24.1 Å². The molecule has 0 saturated heterocycles. The number of nitrogens with zero attached hydrogens (tertiary/aromatic N) is 1. The van der Waals surface area contributed by atoms with Gasteiger partial charge in [-0.2, -0.15) is 0 Å². The highest BCUT2D eigenvalue weighted by atomic mass is 16.7. The monoisotopic (exact) mass is 912 g/mol. The van der Waals surface area contributed by atoms with Crippen LogP contribution in [0, 0.1) is 5.92 Å². The van der Waals surface area contributed by atoms with Gasteiger partial charge in [-0.1, -0.05) is 162 Å². The highest BCUT2D eigenvalue weighted by Gasteiger charge is 2.20. The van der Waals surface area contributed by atoms with Gasteiger partial charge in [-0.25, -0.2) is 4.79 Å². The van der Waals surface area contributed by atoms with Crippen molar-refractivity contribution in [1.29, 1.82) is 0 Å². The molecule has 0 saturated carbocycles. The standard InChI is InChI=1S/C52H97NO11/c1-6-11-14-17-23-28-31-40-58-48(54)35-29-24-21-20-22-25-30-36-49(55)62-44-47(46-64-52(57)61-43-34-39-53(9-4)10-5)45-63-50(56)37-38-51(59-41-32-26-18-15-12-7-2)60-42-33-27-19-16-13-8-3/h28,31,47,51H,6-27,29-30,32-46H2,1-5H3/b31-28-. The van der Waals surface area contributed by atoms with Crippen molar-refractivity contribution in [2.45, 2.75) is 227 Å². The quantitative estimate of drug-likeness (QED) is 0.0189. The number of ether oxygens (including phenoxy) is 7. The number of unbranched alkanes of at least 4 members (excludes halogenated alkanes) is 20. The summed E-state index contributed by atoms with van der Waals surface area (Å²) in [6, 6.07) is 0. The van der Waals surface area contributed by atoms with Crippen LogP contribution >= 0.6 is 0 Å². The number of carbonyl (C=O) groups excluding carboxylic acids is 4. The number of hydrogen-bond donors (Lipinski definition) is 0. The van der Waals surface area contributed by atoms with Crippen LogP contribution in [0.2, 0.25) is 0 Å². The molecule has 0 N–H and O–H groups in total. The van der Waals surface area contributed by atoms with Gasteiger partial charge in [0.2, 0.25) is 0 Å². The Labute approximate surface area is 391 Å². The first-order valence-corrected chi connectivity index (χ1v) is 26.2. The Morgan fingerprint density at radius 1 is 0.438 bits per heavy atom. The smallest absolute Gasteiger partial charge is 0.465 e. The molecule has 0 rings (SSSR count).